The Labute approximate surface area is 176 Å². The average molecular weight is 387 g/mol. The van der Waals surface area contributed by atoms with Crippen LogP contribution in [0.15, 0.2) is 48.7 Å². The second-order valence-electron chi connectivity index (χ2n) is 10.3. The molecule has 1 nitrogen and oxygen atoms in total. The van der Waals surface area contributed by atoms with Crippen molar-refractivity contribution in [1.82, 2.24) is 0 Å². The van der Waals surface area contributed by atoms with Gasteiger partial charge in [0, 0.05) is 11.6 Å². The van der Waals surface area contributed by atoms with E-state index in [2.05, 4.69) is 88.0 Å². The minimum Gasteiger partial charge on any atom is -0.200 e. The van der Waals surface area contributed by atoms with E-state index in [0.29, 0.717) is 5.41 Å². The Kier molecular flexibility index (Phi) is 5.51. The van der Waals surface area contributed by atoms with E-state index >= 15 is 0 Å². The van der Waals surface area contributed by atoms with Crippen molar-refractivity contribution in [1.29, 1.82) is 0 Å². The number of aromatic nitrogens is 1. The van der Waals surface area contributed by atoms with Crippen LogP contribution in [0.2, 0.25) is 0 Å². The molecule has 1 aliphatic rings. The minimum absolute atomic E-state index is 0.306. The summed E-state index contributed by atoms with van der Waals surface area (Å²) >= 11 is 0. The molecule has 0 atom stereocenters. The summed E-state index contributed by atoms with van der Waals surface area (Å²) in [5.41, 5.74) is 7.38. The summed E-state index contributed by atoms with van der Waals surface area (Å²) in [6.45, 7) is 9.20. The zero-order valence-corrected chi connectivity index (χ0v) is 18.9. The Hall–Kier alpha value is -2.15. The topological polar surface area (TPSA) is 3.88 Å². The molecular formula is C28H36N+. The molecule has 152 valence electrons. The van der Waals surface area contributed by atoms with Gasteiger partial charge in [0.05, 0.1) is 5.39 Å². The zero-order valence-electron chi connectivity index (χ0n) is 18.9. The van der Waals surface area contributed by atoms with E-state index in [-0.39, 0.29) is 0 Å². The van der Waals surface area contributed by atoms with Crippen LogP contribution in [0.1, 0.15) is 75.5 Å². The Morgan fingerprint density at radius 1 is 0.931 bits per heavy atom. The summed E-state index contributed by atoms with van der Waals surface area (Å²) < 4.78 is 2.30. The number of benzene rings is 2. The van der Waals surface area contributed by atoms with Gasteiger partial charge in [0.15, 0.2) is 6.20 Å². The Morgan fingerprint density at radius 3 is 2.41 bits per heavy atom. The molecule has 0 amide bonds. The highest BCUT2D eigenvalue weighted by Crippen LogP contribution is 2.36. The molecule has 0 spiro atoms. The van der Waals surface area contributed by atoms with E-state index in [9.17, 15) is 0 Å². The van der Waals surface area contributed by atoms with Gasteiger partial charge in [-0.2, -0.15) is 0 Å². The second kappa shape index (κ2) is 7.94. The van der Waals surface area contributed by atoms with E-state index in [1.807, 2.05) is 0 Å². The lowest BCUT2D eigenvalue weighted by Crippen LogP contribution is -2.30. The molecule has 0 aliphatic heterocycles. The van der Waals surface area contributed by atoms with Crippen molar-refractivity contribution in [3.8, 4) is 11.3 Å². The first kappa shape index (κ1) is 20.1. The molecule has 1 heterocycles. The average Bonchev–Trinajstić information content (AvgIpc) is 2.68. The number of rotatable bonds is 3. The summed E-state index contributed by atoms with van der Waals surface area (Å²) in [6, 6.07) is 16.5. The minimum atomic E-state index is 0.306. The molecule has 1 aliphatic carbocycles. The number of fused-ring (bicyclic) bond motifs is 1. The first-order valence-corrected chi connectivity index (χ1v) is 11.3. The number of aryl methyl sites for hydroxylation is 2. The first-order valence-electron chi connectivity index (χ1n) is 11.3. The molecule has 0 bridgehead atoms. The fourth-order valence-electron chi connectivity index (χ4n) is 5.06. The van der Waals surface area contributed by atoms with E-state index in [4.69, 9.17) is 0 Å². The van der Waals surface area contributed by atoms with Gasteiger partial charge in [-0.15, -0.1) is 0 Å². The molecule has 0 N–H and O–H groups in total. The van der Waals surface area contributed by atoms with Gasteiger partial charge in [0.2, 0.25) is 5.69 Å². The number of hydrogen-bond acceptors (Lipinski definition) is 0. The largest absolute Gasteiger partial charge is 0.220 e. The quantitative estimate of drug-likeness (QED) is 0.417. The van der Waals surface area contributed by atoms with Gasteiger partial charge in [0.1, 0.15) is 7.05 Å². The van der Waals surface area contributed by atoms with Crippen LogP contribution >= 0.6 is 0 Å². The Bertz CT molecular complexity index is 1020. The molecule has 1 fully saturated rings. The summed E-state index contributed by atoms with van der Waals surface area (Å²) in [5.74, 6) is 0.738. The van der Waals surface area contributed by atoms with Crippen molar-refractivity contribution in [2.45, 2.75) is 72.1 Å². The third-order valence-electron chi connectivity index (χ3n) is 6.53. The molecule has 29 heavy (non-hydrogen) atoms. The van der Waals surface area contributed by atoms with E-state index in [1.165, 1.54) is 70.8 Å². The van der Waals surface area contributed by atoms with E-state index in [1.54, 1.807) is 0 Å². The lowest BCUT2D eigenvalue weighted by Gasteiger charge is -2.23. The van der Waals surface area contributed by atoms with Crippen LogP contribution in [0, 0.1) is 12.3 Å². The van der Waals surface area contributed by atoms with E-state index < -0.39 is 0 Å². The van der Waals surface area contributed by atoms with Crippen LogP contribution in [0.5, 0.6) is 0 Å². The molecule has 1 heteroatoms. The summed E-state index contributed by atoms with van der Waals surface area (Å²) in [5, 5.41) is 2.71. The fourth-order valence-corrected chi connectivity index (χ4v) is 5.06. The molecule has 0 unspecified atom stereocenters. The van der Waals surface area contributed by atoms with Crippen molar-refractivity contribution in [3.05, 3.63) is 65.4 Å². The van der Waals surface area contributed by atoms with Gasteiger partial charge >= 0.3 is 0 Å². The number of nitrogens with zero attached hydrogens (tertiary/aromatic N) is 1. The van der Waals surface area contributed by atoms with E-state index in [0.717, 1.165) is 12.3 Å². The normalized spacial score (nSPS) is 15.8. The van der Waals surface area contributed by atoms with Gasteiger partial charge in [-0.25, -0.2) is 4.57 Å². The van der Waals surface area contributed by atoms with Gasteiger partial charge in [0.25, 0.3) is 0 Å². The third-order valence-corrected chi connectivity index (χ3v) is 6.53. The van der Waals surface area contributed by atoms with Crippen molar-refractivity contribution in [3.63, 3.8) is 0 Å². The monoisotopic (exact) mass is 386 g/mol. The number of hydrogen-bond donors (Lipinski definition) is 0. The smallest absolute Gasteiger partial charge is 0.200 e. The van der Waals surface area contributed by atoms with Crippen LogP contribution in [-0.2, 0) is 13.5 Å². The lowest BCUT2D eigenvalue weighted by molar-refractivity contribution is -0.659. The third kappa shape index (κ3) is 4.39. The molecule has 0 saturated heterocycles. The fraction of sp³-hybridized carbons (Fsp3) is 0.464. The van der Waals surface area contributed by atoms with Crippen molar-refractivity contribution in [2.24, 2.45) is 12.5 Å². The van der Waals surface area contributed by atoms with Gasteiger partial charge in [-0.05, 0) is 71.7 Å². The molecule has 0 radical (unpaired) electrons. The predicted octanol–water partition coefficient (Wildman–Crippen LogP) is 7.28. The van der Waals surface area contributed by atoms with Crippen LogP contribution in [0.4, 0.5) is 0 Å². The van der Waals surface area contributed by atoms with Gasteiger partial charge in [-0.1, -0.05) is 64.3 Å². The van der Waals surface area contributed by atoms with Crippen LogP contribution in [0.3, 0.4) is 0 Å². The van der Waals surface area contributed by atoms with Gasteiger partial charge in [-0.3, -0.25) is 0 Å². The predicted molar refractivity (Wildman–Crippen MR) is 124 cm³/mol. The highest BCUT2D eigenvalue weighted by molar-refractivity contribution is 5.94. The standard InChI is InChI=1S/C28H36N/c1-20-11-13-23(22-9-7-6-8-10-22)18-26(20)27-25-14-12-21(19-28(2,3)4)17-24(25)15-16-29(27)5/h11-18,22H,6-10,19H2,1-5H3/q+1. The number of pyridine rings is 1. The summed E-state index contributed by atoms with van der Waals surface area (Å²) in [6.07, 6.45) is 10.2. The Balaban J connectivity index is 1.81. The van der Waals surface area contributed by atoms with Gasteiger partial charge < -0.3 is 0 Å². The molecular weight excluding hydrogens is 350 g/mol. The SMILES string of the molecule is Cc1ccc(C2CCCCC2)cc1-c1c2ccc(CC(C)(C)C)cc2cc[n+]1C. The van der Waals surface area contributed by atoms with Crippen molar-refractivity contribution in [2.75, 3.05) is 0 Å². The maximum atomic E-state index is 2.49. The molecule has 4 rings (SSSR count). The van der Waals surface area contributed by atoms with Crippen molar-refractivity contribution >= 4 is 10.8 Å². The van der Waals surface area contributed by atoms with Crippen LogP contribution < -0.4 is 4.57 Å². The molecule has 1 aromatic heterocycles. The van der Waals surface area contributed by atoms with Crippen molar-refractivity contribution < 1.29 is 4.57 Å². The zero-order chi connectivity index (χ0) is 20.6. The highest BCUT2D eigenvalue weighted by atomic mass is 14.9. The second-order valence-corrected chi connectivity index (χ2v) is 10.3. The molecule has 2 aromatic carbocycles. The molecule has 3 aromatic rings. The first-order chi connectivity index (χ1) is 13.8. The van der Waals surface area contributed by atoms with Crippen LogP contribution in [-0.4, -0.2) is 0 Å². The Morgan fingerprint density at radius 2 is 1.69 bits per heavy atom. The van der Waals surface area contributed by atoms with Crippen LogP contribution in [0.25, 0.3) is 22.0 Å². The molecule has 1 saturated carbocycles. The maximum Gasteiger partial charge on any atom is 0.220 e. The summed E-state index contributed by atoms with van der Waals surface area (Å²) in [4.78, 5) is 0. The summed E-state index contributed by atoms with van der Waals surface area (Å²) in [7, 11) is 2.19. The maximum absolute atomic E-state index is 2.49. The highest BCUT2D eigenvalue weighted by Gasteiger charge is 2.21. The lowest BCUT2D eigenvalue weighted by atomic mass is 9.82.